The van der Waals surface area contributed by atoms with E-state index in [4.69, 9.17) is 4.52 Å². The molecule has 25 heavy (non-hydrogen) atoms. The first kappa shape index (κ1) is 16.1. The van der Waals surface area contributed by atoms with Gasteiger partial charge in [0.15, 0.2) is 5.82 Å². The molecule has 0 aliphatic carbocycles. The maximum Gasteiger partial charge on any atom is 0.318 e. The Morgan fingerprint density at radius 3 is 2.92 bits per heavy atom. The summed E-state index contributed by atoms with van der Waals surface area (Å²) in [5.74, 6) is 1.15. The van der Waals surface area contributed by atoms with Crippen LogP contribution < -0.4 is 5.32 Å². The number of hydrogen-bond donors (Lipinski definition) is 1. The summed E-state index contributed by atoms with van der Waals surface area (Å²) in [7, 11) is 0. The number of hydrogen-bond acceptors (Lipinski definition) is 5. The number of nitrogens with zero attached hydrogens (tertiary/aromatic N) is 4. The Labute approximate surface area is 147 Å². The summed E-state index contributed by atoms with van der Waals surface area (Å²) in [4.78, 5) is 21.6. The third kappa shape index (κ3) is 3.51. The van der Waals surface area contributed by atoms with Crippen molar-refractivity contribution >= 4 is 6.03 Å². The minimum Gasteiger partial charge on any atom is -0.339 e. The van der Waals surface area contributed by atoms with Gasteiger partial charge in [-0.2, -0.15) is 4.98 Å². The second kappa shape index (κ2) is 6.84. The fraction of sp³-hybridized carbons (Fsp3) is 0.500. The van der Waals surface area contributed by atoms with E-state index in [0.717, 1.165) is 38.2 Å². The van der Waals surface area contributed by atoms with Gasteiger partial charge in [0, 0.05) is 32.2 Å². The molecule has 0 radical (unpaired) electrons. The van der Waals surface area contributed by atoms with E-state index in [1.165, 1.54) is 0 Å². The van der Waals surface area contributed by atoms with Crippen molar-refractivity contribution in [3.8, 4) is 0 Å². The van der Waals surface area contributed by atoms with Crippen molar-refractivity contribution in [3.63, 3.8) is 0 Å². The highest BCUT2D eigenvalue weighted by Gasteiger charge is 2.35. The zero-order chi connectivity index (χ0) is 17.2. The molecule has 1 aromatic carbocycles. The molecule has 4 rings (SSSR count). The van der Waals surface area contributed by atoms with Crippen molar-refractivity contribution in [3.05, 3.63) is 47.6 Å². The van der Waals surface area contributed by atoms with Crippen LogP contribution >= 0.6 is 0 Å². The van der Waals surface area contributed by atoms with Gasteiger partial charge in [-0.25, -0.2) is 4.79 Å². The second-order valence-electron chi connectivity index (χ2n) is 6.79. The van der Waals surface area contributed by atoms with Gasteiger partial charge in [-0.3, -0.25) is 4.90 Å². The van der Waals surface area contributed by atoms with Crippen LogP contribution in [-0.4, -0.2) is 58.2 Å². The fourth-order valence-electron chi connectivity index (χ4n) is 3.74. The molecule has 7 heteroatoms. The first-order valence-electron chi connectivity index (χ1n) is 8.82. The van der Waals surface area contributed by atoms with Crippen LogP contribution in [0.2, 0.25) is 0 Å². The standard InChI is InChI=1S/C18H23N5O2/c1-13-19-17(25-21-13)11-16(14-5-3-2-4-6-14)20-18(24)23-10-9-22-8-7-15(23)12-22/h2-6,15-16H,7-12H2,1H3,(H,20,24). The first-order chi connectivity index (χ1) is 12.2. The molecule has 7 nitrogen and oxygen atoms in total. The molecule has 3 heterocycles. The number of piperazine rings is 1. The Morgan fingerprint density at radius 2 is 2.16 bits per heavy atom. The number of benzene rings is 1. The average molecular weight is 341 g/mol. The van der Waals surface area contributed by atoms with Crippen LogP contribution in [0.1, 0.15) is 29.7 Å². The normalized spacial score (nSPS) is 23.5. The van der Waals surface area contributed by atoms with Crippen LogP contribution in [0.5, 0.6) is 0 Å². The van der Waals surface area contributed by atoms with Gasteiger partial charge >= 0.3 is 6.03 Å². The van der Waals surface area contributed by atoms with Crippen molar-refractivity contribution in [1.82, 2.24) is 25.3 Å². The summed E-state index contributed by atoms with van der Waals surface area (Å²) >= 11 is 0. The molecule has 2 aromatic rings. The monoisotopic (exact) mass is 341 g/mol. The Bertz CT molecular complexity index is 732. The molecule has 2 fully saturated rings. The zero-order valence-corrected chi connectivity index (χ0v) is 14.4. The van der Waals surface area contributed by atoms with Crippen molar-refractivity contribution in [2.75, 3.05) is 26.2 Å². The largest absolute Gasteiger partial charge is 0.339 e. The third-order valence-electron chi connectivity index (χ3n) is 5.05. The van der Waals surface area contributed by atoms with Crippen LogP contribution in [0.15, 0.2) is 34.9 Å². The van der Waals surface area contributed by atoms with E-state index < -0.39 is 0 Å². The van der Waals surface area contributed by atoms with Gasteiger partial charge in [-0.1, -0.05) is 35.5 Å². The number of rotatable bonds is 4. The summed E-state index contributed by atoms with van der Waals surface area (Å²) < 4.78 is 5.26. The van der Waals surface area contributed by atoms with Gasteiger partial charge in [-0.05, 0) is 18.9 Å². The number of fused-ring (bicyclic) bond motifs is 2. The summed E-state index contributed by atoms with van der Waals surface area (Å²) in [6.45, 7) is 5.63. The molecule has 3 unspecified atom stereocenters. The van der Waals surface area contributed by atoms with Crippen molar-refractivity contribution in [2.45, 2.75) is 31.8 Å². The minimum atomic E-state index is -0.187. The van der Waals surface area contributed by atoms with E-state index in [2.05, 4.69) is 20.4 Å². The summed E-state index contributed by atoms with van der Waals surface area (Å²) in [6, 6.07) is 10.1. The smallest absolute Gasteiger partial charge is 0.318 e. The highest BCUT2D eigenvalue weighted by molar-refractivity contribution is 5.75. The molecule has 2 amide bonds. The molecule has 1 N–H and O–H groups in total. The number of nitrogens with one attached hydrogen (secondary N) is 1. The van der Waals surface area contributed by atoms with Crippen LogP contribution in [0.3, 0.4) is 0 Å². The Hall–Kier alpha value is -2.41. The average Bonchev–Trinajstić information content (AvgIpc) is 3.21. The third-order valence-corrected chi connectivity index (χ3v) is 5.05. The number of amides is 2. The summed E-state index contributed by atoms with van der Waals surface area (Å²) in [6.07, 6.45) is 1.55. The Balaban J connectivity index is 1.50. The number of carbonyl (C=O) groups is 1. The molecule has 1 aromatic heterocycles. The van der Waals surface area contributed by atoms with Crippen molar-refractivity contribution in [1.29, 1.82) is 0 Å². The molecule has 132 valence electrons. The van der Waals surface area contributed by atoms with E-state index in [-0.39, 0.29) is 12.1 Å². The lowest BCUT2D eigenvalue weighted by molar-refractivity contribution is 0.139. The SMILES string of the molecule is Cc1noc(CC(NC(=O)N2CCN3CCC2C3)c2ccccc2)n1. The Kier molecular flexibility index (Phi) is 4.40. The predicted molar refractivity (Wildman–Crippen MR) is 92.0 cm³/mol. The van der Waals surface area contributed by atoms with E-state index >= 15 is 0 Å². The topological polar surface area (TPSA) is 74.5 Å². The maximum absolute atomic E-state index is 12.9. The van der Waals surface area contributed by atoms with Crippen molar-refractivity contribution in [2.24, 2.45) is 0 Å². The van der Waals surface area contributed by atoms with E-state index in [9.17, 15) is 4.79 Å². The van der Waals surface area contributed by atoms with Crippen LogP contribution in [0, 0.1) is 6.92 Å². The molecule has 0 spiro atoms. The van der Waals surface area contributed by atoms with Crippen LogP contribution in [0.4, 0.5) is 4.79 Å². The zero-order valence-electron chi connectivity index (χ0n) is 14.4. The molecule has 2 saturated heterocycles. The summed E-state index contributed by atoms with van der Waals surface area (Å²) in [5.41, 5.74) is 1.04. The molecule has 2 aliphatic heterocycles. The van der Waals surface area contributed by atoms with Gasteiger partial charge in [0.1, 0.15) is 0 Å². The molecule has 2 aliphatic rings. The molecular formula is C18H23N5O2. The van der Waals surface area contributed by atoms with Gasteiger partial charge in [0.25, 0.3) is 0 Å². The van der Waals surface area contributed by atoms with Gasteiger partial charge < -0.3 is 14.7 Å². The maximum atomic E-state index is 12.9. The highest BCUT2D eigenvalue weighted by atomic mass is 16.5. The number of urea groups is 1. The van der Waals surface area contributed by atoms with Crippen LogP contribution in [-0.2, 0) is 6.42 Å². The second-order valence-corrected chi connectivity index (χ2v) is 6.79. The quantitative estimate of drug-likeness (QED) is 0.917. The van der Waals surface area contributed by atoms with E-state index in [0.29, 0.717) is 24.2 Å². The van der Waals surface area contributed by atoms with Gasteiger partial charge in [-0.15, -0.1) is 0 Å². The Morgan fingerprint density at radius 1 is 1.32 bits per heavy atom. The van der Waals surface area contributed by atoms with E-state index in [1.807, 2.05) is 35.2 Å². The molecule has 3 atom stereocenters. The molecule has 2 bridgehead atoms. The molecule has 0 saturated carbocycles. The lowest BCUT2D eigenvalue weighted by atomic mass is 10.0. The lowest BCUT2D eigenvalue weighted by Gasteiger charge is -2.35. The summed E-state index contributed by atoms with van der Waals surface area (Å²) in [5, 5.41) is 7.03. The van der Waals surface area contributed by atoms with Crippen molar-refractivity contribution < 1.29 is 9.32 Å². The van der Waals surface area contributed by atoms with Gasteiger partial charge in [0.05, 0.1) is 12.5 Å². The molecular weight excluding hydrogens is 318 g/mol. The number of aromatic nitrogens is 2. The number of aryl methyl sites for hydroxylation is 1. The lowest BCUT2D eigenvalue weighted by Crippen LogP contribution is -2.53. The van der Waals surface area contributed by atoms with E-state index in [1.54, 1.807) is 6.92 Å². The number of carbonyl (C=O) groups excluding carboxylic acids is 1. The van der Waals surface area contributed by atoms with Gasteiger partial charge in [0.2, 0.25) is 5.89 Å². The predicted octanol–water partition coefficient (Wildman–Crippen LogP) is 1.76. The highest BCUT2D eigenvalue weighted by Crippen LogP contribution is 2.23. The minimum absolute atomic E-state index is 0.00311. The first-order valence-corrected chi connectivity index (χ1v) is 8.82. The van der Waals surface area contributed by atoms with Crippen LogP contribution in [0.25, 0.3) is 0 Å². The fourth-order valence-corrected chi connectivity index (χ4v) is 3.74.